The Hall–Kier alpha value is -5.77. The van der Waals surface area contributed by atoms with E-state index in [1.165, 1.54) is 16.8 Å². The first kappa shape index (κ1) is 27.4. The molecule has 0 unspecified atom stereocenters. The Morgan fingerprint density at radius 3 is 2.51 bits per heavy atom. The number of amides is 1. The smallest absolute Gasteiger partial charge is 0.280 e. The molecule has 10 heteroatoms. The maximum Gasteiger partial charge on any atom is 0.280 e. The number of H-pyrrole nitrogens is 1. The second-order valence-electron chi connectivity index (χ2n) is 9.72. The van der Waals surface area contributed by atoms with Crippen molar-refractivity contribution in [3.63, 3.8) is 0 Å². The Morgan fingerprint density at radius 1 is 0.930 bits per heavy atom. The fourth-order valence-electron chi connectivity index (χ4n) is 4.74. The topological polar surface area (TPSA) is 111 Å². The van der Waals surface area contributed by atoms with E-state index in [9.17, 15) is 9.59 Å². The van der Waals surface area contributed by atoms with Gasteiger partial charge in [-0.1, -0.05) is 36.4 Å². The summed E-state index contributed by atoms with van der Waals surface area (Å²) in [7, 11) is 1.57. The molecule has 43 heavy (non-hydrogen) atoms. The lowest BCUT2D eigenvalue weighted by Crippen LogP contribution is -2.30. The van der Waals surface area contributed by atoms with Crippen molar-refractivity contribution in [2.45, 2.75) is 13.1 Å². The van der Waals surface area contributed by atoms with E-state index in [-0.39, 0.29) is 24.4 Å². The minimum absolute atomic E-state index is 0.00684. The number of aromatic amines is 1. The average molecular weight is 576 g/mol. The number of ether oxygens (including phenoxy) is 2. The van der Waals surface area contributed by atoms with Gasteiger partial charge in [0.1, 0.15) is 17.1 Å². The van der Waals surface area contributed by atoms with Crippen LogP contribution in [0.4, 0.5) is 4.39 Å². The molecule has 3 aromatic heterocycles. The summed E-state index contributed by atoms with van der Waals surface area (Å²) in [5.41, 5.74) is 2.55. The molecule has 0 radical (unpaired) electrons. The molecule has 0 bridgehead atoms. The Labute approximate surface area is 245 Å². The maximum absolute atomic E-state index is 15.1. The van der Waals surface area contributed by atoms with Crippen molar-refractivity contribution in [1.82, 2.24) is 25.1 Å². The van der Waals surface area contributed by atoms with Gasteiger partial charge in [-0.05, 0) is 53.6 Å². The van der Waals surface area contributed by atoms with Gasteiger partial charge in [0.25, 0.3) is 11.5 Å². The number of rotatable bonds is 9. The molecule has 2 N–H and O–H groups in total. The molecule has 3 aromatic carbocycles. The van der Waals surface area contributed by atoms with E-state index >= 15 is 4.39 Å². The summed E-state index contributed by atoms with van der Waals surface area (Å²) in [5.74, 6) is -0.0745. The van der Waals surface area contributed by atoms with Gasteiger partial charge in [0.15, 0.2) is 11.6 Å². The lowest BCUT2D eigenvalue weighted by atomic mass is 10.1. The third kappa shape index (κ3) is 5.84. The summed E-state index contributed by atoms with van der Waals surface area (Å²) in [4.78, 5) is 35.1. The largest absolute Gasteiger partial charge is 0.497 e. The van der Waals surface area contributed by atoms with Crippen LogP contribution in [0, 0.1) is 5.82 Å². The highest BCUT2D eigenvalue weighted by Gasteiger charge is 2.22. The van der Waals surface area contributed by atoms with Gasteiger partial charge in [0.2, 0.25) is 0 Å². The van der Waals surface area contributed by atoms with E-state index in [0.29, 0.717) is 39.2 Å². The molecular weight excluding hydrogens is 549 g/mol. The van der Waals surface area contributed by atoms with E-state index < -0.39 is 17.3 Å². The highest BCUT2D eigenvalue weighted by molar-refractivity contribution is 5.99. The second kappa shape index (κ2) is 12.0. The van der Waals surface area contributed by atoms with Gasteiger partial charge in [-0.15, -0.1) is 0 Å². The predicted molar refractivity (Wildman–Crippen MR) is 160 cm³/mol. The van der Waals surface area contributed by atoms with Crippen LogP contribution < -0.4 is 20.3 Å². The van der Waals surface area contributed by atoms with Crippen LogP contribution in [0.2, 0.25) is 0 Å². The zero-order valence-corrected chi connectivity index (χ0v) is 23.1. The first-order valence-corrected chi connectivity index (χ1v) is 13.4. The molecule has 6 aromatic rings. The maximum atomic E-state index is 15.1. The van der Waals surface area contributed by atoms with E-state index in [4.69, 9.17) is 9.47 Å². The molecule has 9 nitrogen and oxygen atoms in total. The number of halogens is 1. The van der Waals surface area contributed by atoms with Crippen molar-refractivity contribution in [1.29, 1.82) is 0 Å². The van der Waals surface area contributed by atoms with Crippen LogP contribution in [0.25, 0.3) is 22.2 Å². The molecule has 0 aliphatic heterocycles. The number of hydrogen-bond acceptors (Lipinski definition) is 6. The Bertz CT molecular complexity index is 1970. The van der Waals surface area contributed by atoms with Crippen LogP contribution in [0.3, 0.4) is 0 Å². The van der Waals surface area contributed by atoms with Crippen LogP contribution in [0.1, 0.15) is 21.5 Å². The number of nitrogens with zero attached hydrogens (tertiary/aromatic N) is 3. The third-order valence-electron chi connectivity index (χ3n) is 6.91. The Morgan fingerprint density at radius 2 is 1.74 bits per heavy atom. The monoisotopic (exact) mass is 575 g/mol. The van der Waals surface area contributed by atoms with Crippen molar-refractivity contribution in [2.24, 2.45) is 0 Å². The average Bonchev–Trinajstić information content (AvgIpc) is 3.37. The molecule has 0 aliphatic rings. The van der Waals surface area contributed by atoms with Crippen molar-refractivity contribution in [2.75, 3.05) is 7.11 Å². The summed E-state index contributed by atoms with van der Waals surface area (Å²) < 4.78 is 27.6. The van der Waals surface area contributed by atoms with Gasteiger partial charge >= 0.3 is 0 Å². The molecule has 0 spiro atoms. The highest BCUT2D eigenvalue weighted by atomic mass is 19.1. The molecule has 0 saturated carbocycles. The van der Waals surface area contributed by atoms with Gasteiger partial charge in [-0.3, -0.25) is 24.7 Å². The lowest BCUT2D eigenvalue weighted by Gasteiger charge is -2.11. The van der Waals surface area contributed by atoms with Gasteiger partial charge in [-0.2, -0.15) is 0 Å². The summed E-state index contributed by atoms with van der Waals surface area (Å²) >= 11 is 0. The van der Waals surface area contributed by atoms with E-state index in [2.05, 4.69) is 20.4 Å². The minimum Gasteiger partial charge on any atom is -0.497 e. The lowest BCUT2D eigenvalue weighted by molar-refractivity contribution is 0.0950. The number of carbonyl (C=O) groups is 1. The number of hydrogen-bond donors (Lipinski definition) is 2. The molecule has 3 heterocycles. The molecule has 214 valence electrons. The minimum atomic E-state index is -0.602. The molecule has 0 atom stereocenters. The normalized spacial score (nSPS) is 10.9. The quantitative estimate of drug-likeness (QED) is 0.229. The van der Waals surface area contributed by atoms with Crippen LogP contribution in [-0.2, 0) is 13.1 Å². The summed E-state index contributed by atoms with van der Waals surface area (Å²) in [6, 6.07) is 24.3. The Balaban J connectivity index is 1.21. The highest BCUT2D eigenvalue weighted by Crippen LogP contribution is 2.32. The standard InChI is InChI=1S/C33H26FN5O4/c1-42-24-8-9-25-27(18-24)36-16-13-28(25)43-29-10-7-22(17-26(29)34)19-37-32(40)30-31(23-11-14-35-15-12-23)38-39(33(30)41)20-21-5-3-2-4-6-21/h2-18,38H,19-20H2,1H3,(H,37,40). The molecular formula is C33H26FN5O4. The number of benzene rings is 3. The summed E-state index contributed by atoms with van der Waals surface area (Å²) in [5, 5.41) is 6.54. The second-order valence-corrected chi connectivity index (χ2v) is 9.72. The van der Waals surface area contributed by atoms with Gasteiger partial charge in [-0.25, -0.2) is 9.07 Å². The number of methoxy groups -OCH3 is 1. The Kier molecular flexibility index (Phi) is 7.64. The van der Waals surface area contributed by atoms with E-state index in [0.717, 1.165) is 5.56 Å². The molecule has 1 amide bonds. The molecule has 0 fully saturated rings. The zero-order valence-electron chi connectivity index (χ0n) is 23.1. The fourth-order valence-corrected chi connectivity index (χ4v) is 4.74. The first-order chi connectivity index (χ1) is 21.0. The third-order valence-corrected chi connectivity index (χ3v) is 6.91. The van der Waals surface area contributed by atoms with Crippen LogP contribution in [0.5, 0.6) is 17.2 Å². The number of pyridine rings is 2. The molecule has 6 rings (SSSR count). The number of aromatic nitrogens is 4. The number of carbonyl (C=O) groups excluding carboxylic acids is 1. The van der Waals surface area contributed by atoms with Gasteiger partial charge in [0, 0.05) is 42.2 Å². The number of fused-ring (bicyclic) bond motifs is 1. The first-order valence-electron chi connectivity index (χ1n) is 13.4. The predicted octanol–water partition coefficient (Wildman–Crippen LogP) is 5.70. The molecule has 0 aliphatic carbocycles. The van der Waals surface area contributed by atoms with Gasteiger partial charge < -0.3 is 14.8 Å². The SMILES string of the molecule is COc1ccc2c(Oc3ccc(CNC(=O)c4c(-c5ccncc5)[nH]n(Cc5ccccc5)c4=O)cc3F)ccnc2c1. The van der Waals surface area contributed by atoms with E-state index in [1.54, 1.807) is 68.2 Å². The van der Waals surface area contributed by atoms with Crippen LogP contribution in [-0.4, -0.2) is 32.8 Å². The fraction of sp³-hybridized carbons (Fsp3) is 0.0909. The number of nitrogens with one attached hydrogen (secondary N) is 2. The van der Waals surface area contributed by atoms with Crippen molar-refractivity contribution < 1.29 is 18.7 Å². The van der Waals surface area contributed by atoms with Crippen molar-refractivity contribution >= 4 is 16.8 Å². The van der Waals surface area contributed by atoms with Gasteiger partial charge in [0.05, 0.1) is 24.9 Å². The summed E-state index contributed by atoms with van der Waals surface area (Å²) in [6.45, 7) is 0.255. The van der Waals surface area contributed by atoms with Crippen LogP contribution in [0.15, 0.2) is 108 Å². The van der Waals surface area contributed by atoms with Crippen molar-refractivity contribution in [3.8, 4) is 28.5 Å². The van der Waals surface area contributed by atoms with E-state index in [1.807, 2.05) is 30.3 Å². The molecule has 0 saturated heterocycles. The zero-order chi connectivity index (χ0) is 29.8. The van der Waals surface area contributed by atoms with Crippen molar-refractivity contribution in [3.05, 3.63) is 136 Å². The summed E-state index contributed by atoms with van der Waals surface area (Å²) in [6.07, 6.45) is 4.75. The van der Waals surface area contributed by atoms with Crippen LogP contribution >= 0.6 is 0 Å².